The second-order valence-corrected chi connectivity index (χ2v) is 9.27. The van der Waals surface area contributed by atoms with Gasteiger partial charge in [-0.1, -0.05) is 22.0 Å². The van der Waals surface area contributed by atoms with E-state index in [9.17, 15) is 13.2 Å². The van der Waals surface area contributed by atoms with Crippen molar-refractivity contribution in [2.45, 2.75) is 10.8 Å². The van der Waals surface area contributed by atoms with E-state index in [1.807, 2.05) is 12.1 Å². The standard InChI is InChI=1S/C17H14BrN3O4S2/c18-12-2-1-3-13(8-12)25-15-6-4-11(9-20-15)17(22)21-10-14-5-7-16(26-14)27(19,23)24/h1-9H,10H2,(H,21,22)(H2,19,23,24). The number of carbonyl (C=O) groups excluding carboxylic acids is 1. The number of hydrogen-bond donors (Lipinski definition) is 2. The minimum Gasteiger partial charge on any atom is -0.439 e. The van der Waals surface area contributed by atoms with Crippen LogP contribution in [0.1, 0.15) is 15.2 Å². The second-order valence-electron chi connectivity index (χ2n) is 5.39. The largest absolute Gasteiger partial charge is 0.439 e. The van der Waals surface area contributed by atoms with E-state index in [0.717, 1.165) is 15.8 Å². The van der Waals surface area contributed by atoms with Gasteiger partial charge in [0, 0.05) is 21.6 Å². The summed E-state index contributed by atoms with van der Waals surface area (Å²) in [4.78, 5) is 17.0. The fourth-order valence-corrected chi connectivity index (χ4v) is 4.20. The molecule has 0 aliphatic rings. The van der Waals surface area contributed by atoms with E-state index in [4.69, 9.17) is 9.88 Å². The molecule has 2 aromatic heterocycles. The van der Waals surface area contributed by atoms with Crippen LogP contribution >= 0.6 is 27.3 Å². The average molecular weight is 468 g/mol. The van der Waals surface area contributed by atoms with Crippen molar-refractivity contribution in [3.8, 4) is 11.6 Å². The Hall–Kier alpha value is -2.27. The highest BCUT2D eigenvalue weighted by molar-refractivity contribution is 9.10. The van der Waals surface area contributed by atoms with Gasteiger partial charge in [0.05, 0.1) is 12.1 Å². The Morgan fingerprint density at radius 3 is 2.67 bits per heavy atom. The molecule has 0 saturated heterocycles. The fourth-order valence-electron chi connectivity index (χ4n) is 2.10. The summed E-state index contributed by atoms with van der Waals surface area (Å²) in [6, 6.07) is 13.5. The molecule has 1 amide bonds. The van der Waals surface area contributed by atoms with Gasteiger partial charge in [0.15, 0.2) is 0 Å². The summed E-state index contributed by atoms with van der Waals surface area (Å²) >= 11 is 4.38. The number of carbonyl (C=O) groups is 1. The van der Waals surface area contributed by atoms with Crippen LogP contribution in [0.2, 0.25) is 0 Å². The van der Waals surface area contributed by atoms with E-state index >= 15 is 0 Å². The summed E-state index contributed by atoms with van der Waals surface area (Å²) in [7, 11) is -3.73. The van der Waals surface area contributed by atoms with Crippen LogP contribution in [0.4, 0.5) is 0 Å². The van der Waals surface area contributed by atoms with Crippen LogP contribution in [-0.2, 0) is 16.6 Å². The number of ether oxygens (including phenoxy) is 1. The van der Waals surface area contributed by atoms with Gasteiger partial charge in [-0.25, -0.2) is 18.5 Å². The van der Waals surface area contributed by atoms with Gasteiger partial charge in [0.2, 0.25) is 15.9 Å². The lowest BCUT2D eigenvalue weighted by Crippen LogP contribution is -2.22. The van der Waals surface area contributed by atoms with Crippen LogP contribution in [0, 0.1) is 0 Å². The van der Waals surface area contributed by atoms with Crippen molar-refractivity contribution in [3.05, 3.63) is 69.6 Å². The van der Waals surface area contributed by atoms with Crippen LogP contribution in [-0.4, -0.2) is 19.3 Å². The molecule has 0 aliphatic carbocycles. The molecule has 0 aliphatic heterocycles. The summed E-state index contributed by atoms with van der Waals surface area (Å²) in [5.74, 6) is 0.653. The Bertz CT molecular complexity index is 1070. The smallest absolute Gasteiger partial charge is 0.253 e. The molecule has 0 fully saturated rings. The van der Waals surface area contributed by atoms with Gasteiger partial charge in [-0.3, -0.25) is 4.79 Å². The van der Waals surface area contributed by atoms with Crippen molar-refractivity contribution in [1.29, 1.82) is 0 Å². The molecule has 27 heavy (non-hydrogen) atoms. The third-order valence-electron chi connectivity index (χ3n) is 3.36. The summed E-state index contributed by atoms with van der Waals surface area (Å²) in [6.07, 6.45) is 1.41. The van der Waals surface area contributed by atoms with Crippen LogP contribution in [0.5, 0.6) is 11.6 Å². The zero-order valence-corrected chi connectivity index (χ0v) is 17.0. The van der Waals surface area contributed by atoms with Gasteiger partial charge in [-0.05, 0) is 36.4 Å². The monoisotopic (exact) mass is 467 g/mol. The first kappa shape index (κ1) is 19.5. The van der Waals surface area contributed by atoms with E-state index in [0.29, 0.717) is 22.1 Å². The van der Waals surface area contributed by atoms with Crippen molar-refractivity contribution in [3.63, 3.8) is 0 Å². The molecular weight excluding hydrogens is 454 g/mol. The molecule has 7 nitrogen and oxygen atoms in total. The quantitative estimate of drug-likeness (QED) is 0.577. The third kappa shape index (κ3) is 5.36. The summed E-state index contributed by atoms with van der Waals surface area (Å²) in [5, 5.41) is 7.77. The molecule has 2 heterocycles. The summed E-state index contributed by atoms with van der Waals surface area (Å²) in [6.45, 7) is 0.190. The van der Waals surface area contributed by atoms with Crippen molar-refractivity contribution < 1.29 is 17.9 Å². The molecule has 0 radical (unpaired) electrons. The first-order valence-corrected chi connectivity index (χ1v) is 10.8. The van der Waals surface area contributed by atoms with Gasteiger partial charge in [-0.2, -0.15) is 0 Å². The Kier molecular flexibility index (Phi) is 5.90. The highest BCUT2D eigenvalue weighted by Gasteiger charge is 2.12. The number of halogens is 1. The SMILES string of the molecule is NS(=O)(=O)c1ccc(CNC(=O)c2ccc(Oc3cccc(Br)c3)nc2)s1. The molecule has 140 valence electrons. The minimum atomic E-state index is -3.73. The molecule has 3 N–H and O–H groups in total. The zero-order valence-electron chi connectivity index (χ0n) is 13.8. The van der Waals surface area contributed by atoms with Gasteiger partial charge in [0.1, 0.15) is 9.96 Å². The van der Waals surface area contributed by atoms with Crippen molar-refractivity contribution in [1.82, 2.24) is 10.3 Å². The first-order chi connectivity index (χ1) is 12.8. The second kappa shape index (κ2) is 8.17. The number of sulfonamides is 1. The number of aromatic nitrogens is 1. The molecule has 3 rings (SSSR count). The zero-order chi connectivity index (χ0) is 19.4. The van der Waals surface area contributed by atoms with Crippen LogP contribution in [0.15, 0.2) is 63.4 Å². The maximum absolute atomic E-state index is 12.2. The minimum absolute atomic E-state index is 0.0578. The van der Waals surface area contributed by atoms with Gasteiger partial charge in [-0.15, -0.1) is 11.3 Å². The topological polar surface area (TPSA) is 111 Å². The predicted octanol–water partition coefficient (Wildman–Crippen LogP) is 3.28. The maximum Gasteiger partial charge on any atom is 0.253 e. The maximum atomic E-state index is 12.2. The predicted molar refractivity (Wildman–Crippen MR) is 105 cm³/mol. The lowest BCUT2D eigenvalue weighted by Gasteiger charge is -2.06. The normalized spacial score (nSPS) is 11.2. The number of amides is 1. The first-order valence-electron chi connectivity index (χ1n) is 7.60. The van der Waals surface area contributed by atoms with Gasteiger partial charge in [0.25, 0.3) is 5.91 Å². The molecule has 10 heteroatoms. The van der Waals surface area contributed by atoms with Crippen molar-refractivity contribution in [2.24, 2.45) is 5.14 Å². The Morgan fingerprint density at radius 1 is 1.22 bits per heavy atom. The number of primary sulfonamides is 1. The molecule has 0 bridgehead atoms. The number of nitrogens with zero attached hydrogens (tertiary/aromatic N) is 1. The van der Waals surface area contributed by atoms with E-state index in [-0.39, 0.29) is 16.7 Å². The molecule has 0 unspecified atom stereocenters. The van der Waals surface area contributed by atoms with E-state index in [1.54, 1.807) is 30.3 Å². The molecule has 0 atom stereocenters. The highest BCUT2D eigenvalue weighted by atomic mass is 79.9. The molecule has 3 aromatic rings. The molecule has 0 spiro atoms. The summed E-state index contributed by atoms with van der Waals surface area (Å²) in [5.41, 5.74) is 0.361. The lowest BCUT2D eigenvalue weighted by molar-refractivity contribution is 0.0951. The lowest BCUT2D eigenvalue weighted by atomic mass is 10.2. The van der Waals surface area contributed by atoms with Crippen LogP contribution in [0.25, 0.3) is 0 Å². The number of pyridine rings is 1. The molecular formula is C17H14BrN3O4S2. The number of thiophene rings is 1. The molecule has 0 saturated carbocycles. The number of rotatable bonds is 6. The Morgan fingerprint density at radius 2 is 2.04 bits per heavy atom. The van der Waals surface area contributed by atoms with E-state index < -0.39 is 10.0 Å². The van der Waals surface area contributed by atoms with E-state index in [1.165, 1.54) is 12.3 Å². The number of benzene rings is 1. The summed E-state index contributed by atoms with van der Waals surface area (Å²) < 4.78 is 29.1. The Balaban J connectivity index is 1.59. The van der Waals surface area contributed by atoms with E-state index in [2.05, 4.69) is 26.2 Å². The number of nitrogens with one attached hydrogen (secondary N) is 1. The van der Waals surface area contributed by atoms with Gasteiger partial charge >= 0.3 is 0 Å². The molecule has 1 aromatic carbocycles. The van der Waals surface area contributed by atoms with Crippen LogP contribution in [0.3, 0.4) is 0 Å². The average Bonchev–Trinajstić information content (AvgIpc) is 3.10. The number of hydrogen-bond acceptors (Lipinski definition) is 6. The van der Waals surface area contributed by atoms with Crippen LogP contribution < -0.4 is 15.2 Å². The number of nitrogens with two attached hydrogens (primary N) is 1. The van der Waals surface area contributed by atoms with Gasteiger partial charge < -0.3 is 10.1 Å². The Labute approximate surface area is 168 Å². The fraction of sp³-hybridized carbons (Fsp3) is 0.0588. The highest BCUT2D eigenvalue weighted by Crippen LogP contribution is 2.23. The van der Waals surface area contributed by atoms with Crippen molar-refractivity contribution in [2.75, 3.05) is 0 Å². The van der Waals surface area contributed by atoms with Crippen molar-refractivity contribution >= 4 is 43.2 Å². The third-order valence-corrected chi connectivity index (χ3v) is 6.37.